The molecule has 0 aromatic heterocycles. The fraction of sp³-hybridized carbons (Fsp3) is 1.00. The van der Waals surface area contributed by atoms with E-state index in [1.54, 1.807) is 0 Å². The van der Waals surface area contributed by atoms with Crippen LogP contribution in [0.4, 0.5) is 0 Å². The van der Waals surface area contributed by atoms with Crippen molar-refractivity contribution in [3.63, 3.8) is 0 Å². The lowest BCUT2D eigenvalue weighted by molar-refractivity contribution is -0.164. The van der Waals surface area contributed by atoms with E-state index in [4.69, 9.17) is 14.2 Å². The van der Waals surface area contributed by atoms with Crippen molar-refractivity contribution in [1.29, 1.82) is 0 Å². The van der Waals surface area contributed by atoms with Gasteiger partial charge in [-0.25, -0.2) is 0 Å². The van der Waals surface area contributed by atoms with Crippen LogP contribution in [0.3, 0.4) is 0 Å². The minimum Gasteiger partial charge on any atom is -0.381 e. The fourth-order valence-electron chi connectivity index (χ4n) is 1.46. The average molecular weight is 202 g/mol. The number of rotatable bonds is 7. The van der Waals surface area contributed by atoms with Crippen molar-refractivity contribution in [3.8, 4) is 0 Å². The smallest absolute Gasteiger partial charge is 0.157 e. The second-order valence-corrected chi connectivity index (χ2v) is 3.63. The molecule has 0 N–H and O–H groups in total. The zero-order chi connectivity index (χ0) is 10.1. The molecule has 0 aromatic rings. The van der Waals surface area contributed by atoms with Gasteiger partial charge in [-0.3, -0.25) is 0 Å². The zero-order valence-corrected chi connectivity index (χ0v) is 9.17. The first-order valence-corrected chi connectivity index (χ1v) is 5.74. The summed E-state index contributed by atoms with van der Waals surface area (Å²) in [6.07, 6.45) is 5.58. The first-order valence-electron chi connectivity index (χ1n) is 5.74. The van der Waals surface area contributed by atoms with Gasteiger partial charge in [-0.2, -0.15) is 0 Å². The van der Waals surface area contributed by atoms with Gasteiger partial charge in [-0.15, -0.1) is 0 Å². The van der Waals surface area contributed by atoms with Gasteiger partial charge < -0.3 is 14.2 Å². The van der Waals surface area contributed by atoms with Crippen LogP contribution in [0.2, 0.25) is 0 Å². The Kier molecular flexibility index (Phi) is 7.01. The lowest BCUT2D eigenvalue weighted by Gasteiger charge is -2.22. The van der Waals surface area contributed by atoms with Gasteiger partial charge in [0.15, 0.2) is 6.29 Å². The molecule has 0 aromatic carbocycles. The highest BCUT2D eigenvalue weighted by Gasteiger charge is 2.13. The molecule has 14 heavy (non-hydrogen) atoms. The largest absolute Gasteiger partial charge is 0.381 e. The van der Waals surface area contributed by atoms with E-state index in [1.807, 2.05) is 0 Å². The summed E-state index contributed by atoms with van der Waals surface area (Å²) in [4.78, 5) is 0. The Morgan fingerprint density at radius 2 is 2.14 bits per heavy atom. The Bertz CT molecular complexity index is 122. The summed E-state index contributed by atoms with van der Waals surface area (Å²) in [7, 11) is 0. The summed E-state index contributed by atoms with van der Waals surface area (Å²) in [5, 5.41) is 0. The van der Waals surface area contributed by atoms with E-state index in [0.29, 0.717) is 0 Å². The minimum absolute atomic E-state index is 0.0509. The summed E-state index contributed by atoms with van der Waals surface area (Å²) in [5.74, 6) is 0. The van der Waals surface area contributed by atoms with Gasteiger partial charge in [-0.1, -0.05) is 6.92 Å². The highest BCUT2D eigenvalue weighted by Crippen LogP contribution is 2.13. The van der Waals surface area contributed by atoms with E-state index in [2.05, 4.69) is 6.92 Å². The molecule has 1 heterocycles. The summed E-state index contributed by atoms with van der Waals surface area (Å²) in [6, 6.07) is 0. The molecule has 1 aliphatic heterocycles. The molecule has 3 nitrogen and oxygen atoms in total. The van der Waals surface area contributed by atoms with E-state index in [1.165, 1.54) is 12.8 Å². The third-order valence-corrected chi connectivity index (χ3v) is 2.22. The van der Waals surface area contributed by atoms with Crippen LogP contribution >= 0.6 is 0 Å². The standard InChI is InChI=1S/C11H22O3/c1-2-7-12-8-5-10-14-11-6-3-4-9-13-11/h11H,2-10H2,1H3. The number of hydrogen-bond acceptors (Lipinski definition) is 3. The highest BCUT2D eigenvalue weighted by atomic mass is 16.7. The zero-order valence-electron chi connectivity index (χ0n) is 9.17. The molecule has 1 rings (SSSR count). The maximum absolute atomic E-state index is 5.56. The van der Waals surface area contributed by atoms with Crippen LogP contribution in [0.1, 0.15) is 39.0 Å². The first-order chi connectivity index (χ1) is 6.93. The van der Waals surface area contributed by atoms with Crippen LogP contribution < -0.4 is 0 Å². The molecule has 0 aliphatic carbocycles. The van der Waals surface area contributed by atoms with E-state index < -0.39 is 0 Å². The van der Waals surface area contributed by atoms with E-state index in [0.717, 1.165) is 45.7 Å². The quantitative estimate of drug-likeness (QED) is 0.593. The van der Waals surface area contributed by atoms with Crippen LogP contribution in [-0.2, 0) is 14.2 Å². The van der Waals surface area contributed by atoms with Crippen molar-refractivity contribution in [3.05, 3.63) is 0 Å². The molecule has 1 atom stereocenters. The maximum Gasteiger partial charge on any atom is 0.157 e. The number of ether oxygens (including phenoxy) is 3. The SMILES string of the molecule is CCCOCCCOC1CCCCO1. The van der Waals surface area contributed by atoms with Crippen molar-refractivity contribution in [2.75, 3.05) is 26.4 Å². The van der Waals surface area contributed by atoms with Gasteiger partial charge in [0.2, 0.25) is 0 Å². The second-order valence-electron chi connectivity index (χ2n) is 3.63. The molecule has 0 amide bonds. The molecule has 1 unspecified atom stereocenters. The Morgan fingerprint density at radius 1 is 1.21 bits per heavy atom. The molecular weight excluding hydrogens is 180 g/mol. The Hall–Kier alpha value is -0.120. The predicted octanol–water partition coefficient (Wildman–Crippen LogP) is 2.35. The summed E-state index contributed by atoms with van der Waals surface area (Å²) in [5.41, 5.74) is 0. The summed E-state index contributed by atoms with van der Waals surface area (Å²) in [6.45, 7) is 5.40. The fourth-order valence-corrected chi connectivity index (χ4v) is 1.46. The van der Waals surface area contributed by atoms with Crippen molar-refractivity contribution in [1.82, 2.24) is 0 Å². The van der Waals surface area contributed by atoms with Gasteiger partial charge >= 0.3 is 0 Å². The molecule has 0 spiro atoms. The van der Waals surface area contributed by atoms with Crippen molar-refractivity contribution < 1.29 is 14.2 Å². The highest BCUT2D eigenvalue weighted by molar-refractivity contribution is 4.53. The van der Waals surface area contributed by atoms with Crippen molar-refractivity contribution in [2.24, 2.45) is 0 Å². The molecular formula is C11H22O3. The summed E-state index contributed by atoms with van der Waals surface area (Å²) < 4.78 is 16.4. The van der Waals surface area contributed by atoms with E-state index in [9.17, 15) is 0 Å². The van der Waals surface area contributed by atoms with Crippen LogP contribution in [0.25, 0.3) is 0 Å². The van der Waals surface area contributed by atoms with E-state index >= 15 is 0 Å². The molecule has 1 saturated heterocycles. The van der Waals surface area contributed by atoms with Crippen molar-refractivity contribution >= 4 is 0 Å². The first kappa shape index (κ1) is 12.0. The Morgan fingerprint density at radius 3 is 2.86 bits per heavy atom. The maximum atomic E-state index is 5.56. The topological polar surface area (TPSA) is 27.7 Å². The van der Waals surface area contributed by atoms with Gasteiger partial charge in [0.25, 0.3) is 0 Å². The summed E-state index contributed by atoms with van der Waals surface area (Å²) >= 11 is 0. The molecule has 0 radical (unpaired) electrons. The predicted molar refractivity (Wildman–Crippen MR) is 55.3 cm³/mol. The van der Waals surface area contributed by atoms with Crippen LogP contribution in [0.15, 0.2) is 0 Å². The lowest BCUT2D eigenvalue weighted by atomic mass is 10.2. The van der Waals surface area contributed by atoms with Crippen LogP contribution in [0, 0.1) is 0 Å². The minimum atomic E-state index is 0.0509. The molecule has 0 bridgehead atoms. The third kappa shape index (κ3) is 5.58. The van der Waals surface area contributed by atoms with Crippen LogP contribution in [0.5, 0.6) is 0 Å². The second kappa shape index (κ2) is 8.21. The number of hydrogen-bond donors (Lipinski definition) is 0. The molecule has 0 saturated carbocycles. The molecule has 1 fully saturated rings. The van der Waals surface area contributed by atoms with Gasteiger partial charge in [0.1, 0.15) is 0 Å². The normalized spacial score (nSPS) is 22.5. The van der Waals surface area contributed by atoms with Gasteiger partial charge in [0, 0.05) is 19.8 Å². The molecule has 1 aliphatic rings. The Balaban J connectivity index is 1.82. The van der Waals surface area contributed by atoms with Gasteiger partial charge in [-0.05, 0) is 32.1 Å². The third-order valence-electron chi connectivity index (χ3n) is 2.22. The molecule has 3 heteroatoms. The van der Waals surface area contributed by atoms with Crippen LogP contribution in [-0.4, -0.2) is 32.7 Å². The molecule has 84 valence electrons. The van der Waals surface area contributed by atoms with Gasteiger partial charge in [0.05, 0.1) is 6.61 Å². The van der Waals surface area contributed by atoms with E-state index in [-0.39, 0.29) is 6.29 Å². The lowest BCUT2D eigenvalue weighted by Crippen LogP contribution is -2.23. The van der Waals surface area contributed by atoms with Crippen molar-refractivity contribution in [2.45, 2.75) is 45.3 Å². The average Bonchev–Trinajstić information content (AvgIpc) is 2.25. The Labute approximate surface area is 86.7 Å². The monoisotopic (exact) mass is 202 g/mol.